The molecule has 1 fully saturated rings. The molecular weight excluding hydrogens is 236 g/mol. The normalized spacial score (nSPS) is 23.2. The lowest BCUT2D eigenvalue weighted by atomic mass is 9.92. The number of rotatable bonds is 3. The van der Waals surface area contributed by atoms with Crippen LogP contribution < -0.4 is 4.90 Å². The Hall–Kier alpha value is -1.51. The van der Waals surface area contributed by atoms with Crippen molar-refractivity contribution in [2.75, 3.05) is 31.6 Å². The minimum absolute atomic E-state index is 0.241. The van der Waals surface area contributed by atoms with Crippen LogP contribution in [0.5, 0.6) is 0 Å². The van der Waals surface area contributed by atoms with E-state index in [1.54, 1.807) is 0 Å². The molecule has 0 aromatic heterocycles. The van der Waals surface area contributed by atoms with Gasteiger partial charge in [0.15, 0.2) is 0 Å². The second kappa shape index (κ2) is 6.09. The molecule has 0 aliphatic carbocycles. The molecule has 1 heterocycles. The molecule has 3 nitrogen and oxygen atoms in total. The molecule has 0 bridgehead atoms. The zero-order valence-corrected chi connectivity index (χ0v) is 12.2. The third kappa shape index (κ3) is 3.72. The van der Waals surface area contributed by atoms with Crippen LogP contribution in [0.2, 0.25) is 0 Å². The molecule has 2 atom stereocenters. The van der Waals surface area contributed by atoms with Crippen molar-refractivity contribution in [2.45, 2.75) is 20.3 Å². The summed E-state index contributed by atoms with van der Waals surface area (Å²) < 4.78 is 0. The van der Waals surface area contributed by atoms with Crippen molar-refractivity contribution >= 4 is 11.6 Å². The summed E-state index contributed by atoms with van der Waals surface area (Å²) in [6.45, 7) is 6.74. The standard InChI is InChI=1S/C16H24N2O/c1-13-9-14(2)11-18(10-13)16(19)12-17(3)15-7-5-4-6-8-15/h4-8,13-14H,9-12H2,1-3H3/t13-,14-/m1/s1. The van der Waals surface area contributed by atoms with Gasteiger partial charge in [-0.2, -0.15) is 0 Å². The summed E-state index contributed by atoms with van der Waals surface area (Å²) in [5, 5.41) is 0. The number of anilines is 1. The maximum Gasteiger partial charge on any atom is 0.242 e. The van der Waals surface area contributed by atoms with Gasteiger partial charge in [-0.05, 0) is 30.4 Å². The maximum absolute atomic E-state index is 12.4. The van der Waals surface area contributed by atoms with Gasteiger partial charge in [-0.1, -0.05) is 32.0 Å². The van der Waals surface area contributed by atoms with Crippen molar-refractivity contribution in [1.82, 2.24) is 4.90 Å². The monoisotopic (exact) mass is 260 g/mol. The van der Waals surface area contributed by atoms with E-state index < -0.39 is 0 Å². The van der Waals surface area contributed by atoms with Crippen LogP contribution in [0, 0.1) is 11.8 Å². The second-order valence-corrected chi connectivity index (χ2v) is 5.94. The van der Waals surface area contributed by atoms with Crippen molar-refractivity contribution in [2.24, 2.45) is 11.8 Å². The van der Waals surface area contributed by atoms with E-state index in [-0.39, 0.29) is 5.91 Å². The van der Waals surface area contributed by atoms with Crippen molar-refractivity contribution in [1.29, 1.82) is 0 Å². The van der Waals surface area contributed by atoms with E-state index in [2.05, 4.69) is 13.8 Å². The number of para-hydroxylation sites is 1. The highest BCUT2D eigenvalue weighted by Gasteiger charge is 2.25. The van der Waals surface area contributed by atoms with Gasteiger partial charge in [-0.15, -0.1) is 0 Å². The summed E-state index contributed by atoms with van der Waals surface area (Å²) in [7, 11) is 1.98. The number of hydrogen-bond acceptors (Lipinski definition) is 2. The lowest BCUT2D eigenvalue weighted by Crippen LogP contribution is -2.46. The summed E-state index contributed by atoms with van der Waals surface area (Å²) in [4.78, 5) is 16.4. The van der Waals surface area contributed by atoms with E-state index >= 15 is 0 Å². The number of nitrogens with zero attached hydrogens (tertiary/aromatic N) is 2. The number of likely N-dealkylation sites (tertiary alicyclic amines) is 1. The first-order chi connectivity index (χ1) is 9.06. The van der Waals surface area contributed by atoms with Gasteiger partial charge < -0.3 is 9.80 Å². The van der Waals surface area contributed by atoms with E-state index in [1.165, 1.54) is 6.42 Å². The number of amides is 1. The van der Waals surface area contributed by atoms with Crippen molar-refractivity contribution < 1.29 is 4.79 Å². The largest absolute Gasteiger partial charge is 0.365 e. The quantitative estimate of drug-likeness (QED) is 0.834. The Morgan fingerprint density at radius 1 is 1.21 bits per heavy atom. The molecule has 0 spiro atoms. The molecular formula is C16H24N2O. The third-order valence-corrected chi connectivity index (χ3v) is 3.79. The van der Waals surface area contributed by atoms with Gasteiger partial charge in [0, 0.05) is 25.8 Å². The first-order valence-corrected chi connectivity index (χ1v) is 7.10. The van der Waals surface area contributed by atoms with E-state index in [0.717, 1.165) is 18.8 Å². The van der Waals surface area contributed by atoms with Gasteiger partial charge in [-0.25, -0.2) is 0 Å². The first-order valence-electron chi connectivity index (χ1n) is 7.10. The van der Waals surface area contributed by atoms with Gasteiger partial charge in [0.05, 0.1) is 6.54 Å². The van der Waals surface area contributed by atoms with Crippen LogP contribution in [0.3, 0.4) is 0 Å². The Balaban J connectivity index is 1.93. The number of carbonyl (C=O) groups is 1. The highest BCUT2D eigenvalue weighted by Crippen LogP contribution is 2.21. The van der Waals surface area contributed by atoms with Crippen molar-refractivity contribution in [3.8, 4) is 0 Å². The molecule has 2 rings (SSSR count). The lowest BCUT2D eigenvalue weighted by Gasteiger charge is -2.36. The molecule has 0 N–H and O–H groups in total. The molecule has 0 radical (unpaired) electrons. The van der Waals surface area contributed by atoms with Crippen molar-refractivity contribution in [3.63, 3.8) is 0 Å². The van der Waals surface area contributed by atoms with Gasteiger partial charge in [0.2, 0.25) is 5.91 Å². The Morgan fingerprint density at radius 3 is 2.37 bits per heavy atom. The predicted octanol–water partition coefficient (Wildman–Crippen LogP) is 2.63. The lowest BCUT2D eigenvalue weighted by molar-refractivity contribution is -0.132. The molecule has 0 unspecified atom stereocenters. The summed E-state index contributed by atoms with van der Waals surface area (Å²) in [5.74, 6) is 1.48. The molecule has 3 heteroatoms. The Kier molecular flexibility index (Phi) is 4.46. The Morgan fingerprint density at radius 2 is 1.79 bits per heavy atom. The number of likely N-dealkylation sites (N-methyl/N-ethyl adjacent to an activating group) is 1. The highest BCUT2D eigenvalue weighted by atomic mass is 16.2. The topological polar surface area (TPSA) is 23.6 Å². The Labute approximate surface area is 116 Å². The van der Waals surface area contributed by atoms with Crippen LogP contribution in [-0.4, -0.2) is 37.5 Å². The van der Waals surface area contributed by atoms with Crippen LogP contribution >= 0.6 is 0 Å². The minimum atomic E-state index is 0.241. The van der Waals surface area contributed by atoms with E-state index in [1.807, 2.05) is 47.2 Å². The third-order valence-electron chi connectivity index (χ3n) is 3.79. The van der Waals surface area contributed by atoms with E-state index in [0.29, 0.717) is 18.4 Å². The predicted molar refractivity (Wildman–Crippen MR) is 79.2 cm³/mol. The van der Waals surface area contributed by atoms with Gasteiger partial charge in [0.25, 0.3) is 0 Å². The molecule has 19 heavy (non-hydrogen) atoms. The average Bonchev–Trinajstić information content (AvgIpc) is 2.38. The minimum Gasteiger partial charge on any atom is -0.365 e. The number of benzene rings is 1. The van der Waals surface area contributed by atoms with Gasteiger partial charge in [0.1, 0.15) is 0 Å². The average molecular weight is 260 g/mol. The van der Waals surface area contributed by atoms with E-state index in [4.69, 9.17) is 0 Å². The molecule has 0 saturated carbocycles. The molecule has 1 aromatic carbocycles. The van der Waals surface area contributed by atoms with Gasteiger partial charge >= 0.3 is 0 Å². The van der Waals surface area contributed by atoms with Crippen LogP contribution in [0.4, 0.5) is 5.69 Å². The molecule has 1 amide bonds. The fourth-order valence-electron chi connectivity index (χ4n) is 2.94. The summed E-state index contributed by atoms with van der Waals surface area (Å²) in [5.41, 5.74) is 1.09. The maximum atomic E-state index is 12.4. The summed E-state index contributed by atoms with van der Waals surface area (Å²) >= 11 is 0. The molecule has 1 aliphatic heterocycles. The van der Waals surface area contributed by atoms with Gasteiger partial charge in [-0.3, -0.25) is 4.79 Å². The summed E-state index contributed by atoms with van der Waals surface area (Å²) in [6, 6.07) is 10.1. The Bertz CT molecular complexity index is 408. The number of carbonyl (C=O) groups excluding carboxylic acids is 1. The molecule has 1 aromatic rings. The van der Waals surface area contributed by atoms with E-state index in [9.17, 15) is 4.79 Å². The molecule has 1 saturated heterocycles. The zero-order chi connectivity index (χ0) is 13.8. The highest BCUT2D eigenvalue weighted by molar-refractivity contribution is 5.81. The van der Waals surface area contributed by atoms with Crippen molar-refractivity contribution in [3.05, 3.63) is 30.3 Å². The fraction of sp³-hybridized carbons (Fsp3) is 0.562. The second-order valence-electron chi connectivity index (χ2n) is 5.94. The van der Waals surface area contributed by atoms with Crippen LogP contribution in [0.15, 0.2) is 30.3 Å². The number of piperidine rings is 1. The van der Waals surface area contributed by atoms with Crippen LogP contribution in [-0.2, 0) is 4.79 Å². The van der Waals surface area contributed by atoms with Crippen LogP contribution in [0.1, 0.15) is 20.3 Å². The number of hydrogen-bond donors (Lipinski definition) is 0. The fourth-order valence-corrected chi connectivity index (χ4v) is 2.94. The summed E-state index contributed by atoms with van der Waals surface area (Å²) in [6.07, 6.45) is 1.23. The SMILES string of the molecule is C[C@@H]1C[C@@H](C)CN(C(=O)CN(C)c2ccccc2)C1. The molecule has 104 valence electrons. The molecule has 1 aliphatic rings. The first kappa shape index (κ1) is 13.9. The van der Waals surface area contributed by atoms with Crippen LogP contribution in [0.25, 0.3) is 0 Å². The smallest absolute Gasteiger partial charge is 0.242 e. The zero-order valence-electron chi connectivity index (χ0n) is 12.2.